The summed E-state index contributed by atoms with van der Waals surface area (Å²) in [5.41, 5.74) is 5.17. The van der Waals surface area contributed by atoms with Gasteiger partial charge in [-0.05, 0) is 91.4 Å². The lowest BCUT2D eigenvalue weighted by atomic mass is 10.00. The first kappa shape index (κ1) is 26.4. The van der Waals surface area contributed by atoms with Gasteiger partial charge in [-0.1, -0.05) is 6.07 Å². The average Bonchev–Trinajstić information content (AvgIpc) is 3.53. The van der Waals surface area contributed by atoms with E-state index in [4.69, 9.17) is 17.0 Å². The fourth-order valence-corrected chi connectivity index (χ4v) is 5.77. The molecule has 1 saturated heterocycles. The molecule has 2 atom stereocenters. The number of carbonyl (C=O) groups is 1. The number of aryl methyl sites for hydroxylation is 1. The van der Waals surface area contributed by atoms with Crippen molar-refractivity contribution in [3.63, 3.8) is 0 Å². The van der Waals surface area contributed by atoms with Crippen molar-refractivity contribution in [1.82, 2.24) is 14.9 Å². The molecule has 0 unspecified atom stereocenters. The lowest BCUT2D eigenvalue weighted by Gasteiger charge is -2.29. The molecule has 4 aromatic rings. The minimum atomic E-state index is -3.42. The van der Waals surface area contributed by atoms with Gasteiger partial charge in [0.1, 0.15) is 6.04 Å². The van der Waals surface area contributed by atoms with Crippen LogP contribution in [0.4, 0.5) is 11.4 Å². The first-order valence-electron chi connectivity index (χ1n) is 12.1. The largest absolute Gasteiger partial charge is 0.465 e. The normalized spacial score (nSPS) is 17.1. The Morgan fingerprint density at radius 2 is 1.79 bits per heavy atom. The second kappa shape index (κ2) is 10.5. The summed E-state index contributed by atoms with van der Waals surface area (Å²) in [4.78, 5) is 18.6. The predicted molar refractivity (Wildman–Crippen MR) is 155 cm³/mol. The minimum absolute atomic E-state index is 0.268. The van der Waals surface area contributed by atoms with E-state index in [0.717, 1.165) is 34.6 Å². The molecule has 9 nitrogen and oxygen atoms in total. The predicted octanol–water partition coefficient (Wildman–Crippen LogP) is 4.52. The molecule has 0 bridgehead atoms. The summed E-state index contributed by atoms with van der Waals surface area (Å²) in [6.07, 6.45) is 4.83. The van der Waals surface area contributed by atoms with Crippen LogP contribution >= 0.6 is 12.2 Å². The summed E-state index contributed by atoms with van der Waals surface area (Å²) in [5.74, 6) is -0.398. The summed E-state index contributed by atoms with van der Waals surface area (Å²) < 4.78 is 33.1. The number of sulfonamides is 1. The molecular formula is C28H27N5O4S2. The van der Waals surface area contributed by atoms with Crippen molar-refractivity contribution >= 4 is 44.7 Å². The maximum Gasteiger partial charge on any atom is 0.337 e. The summed E-state index contributed by atoms with van der Waals surface area (Å²) in [5, 5.41) is 3.97. The van der Waals surface area contributed by atoms with E-state index >= 15 is 0 Å². The third-order valence-corrected chi connectivity index (χ3v) is 7.44. The molecule has 0 saturated carbocycles. The van der Waals surface area contributed by atoms with Crippen LogP contribution in [-0.2, 0) is 14.8 Å². The first-order chi connectivity index (χ1) is 18.7. The highest BCUT2D eigenvalue weighted by Crippen LogP contribution is 2.43. The number of nitrogens with zero attached hydrogens (tertiary/aromatic N) is 3. The molecule has 5 rings (SSSR count). The van der Waals surface area contributed by atoms with Gasteiger partial charge in [0.2, 0.25) is 10.0 Å². The summed E-state index contributed by atoms with van der Waals surface area (Å²) in [7, 11) is -2.07. The van der Waals surface area contributed by atoms with Gasteiger partial charge in [-0.3, -0.25) is 9.71 Å². The van der Waals surface area contributed by atoms with Gasteiger partial charge in [-0.15, -0.1) is 0 Å². The van der Waals surface area contributed by atoms with E-state index in [0.29, 0.717) is 16.4 Å². The smallest absolute Gasteiger partial charge is 0.337 e. The molecule has 0 aliphatic carbocycles. The van der Waals surface area contributed by atoms with Crippen molar-refractivity contribution < 1.29 is 17.9 Å². The van der Waals surface area contributed by atoms with Crippen LogP contribution in [0.15, 0.2) is 85.2 Å². The second-order valence-electron chi connectivity index (χ2n) is 9.21. The lowest BCUT2D eigenvalue weighted by molar-refractivity contribution is 0.0600. The number of carbonyl (C=O) groups excluding carboxylic acids is 1. The van der Waals surface area contributed by atoms with Crippen molar-refractivity contribution in [2.75, 3.05) is 23.0 Å². The number of pyridine rings is 1. The fraction of sp³-hybridized carbons (Fsp3) is 0.179. The number of aromatic nitrogens is 2. The topological polar surface area (TPSA) is 106 Å². The SMILES string of the molecule is COC(=O)c1ccc(-n2cccc2[C@H]2[C@H](c3ccccn3)NC(=S)N2c2ccc(NS(C)(=O)=O)c(C)c2)cc1. The molecule has 0 radical (unpaired) electrons. The van der Waals surface area contributed by atoms with Crippen LogP contribution in [0.2, 0.25) is 0 Å². The van der Waals surface area contributed by atoms with Gasteiger partial charge in [-0.25, -0.2) is 13.2 Å². The quantitative estimate of drug-likeness (QED) is 0.251. The van der Waals surface area contributed by atoms with E-state index in [1.807, 2.05) is 72.6 Å². The molecule has 39 heavy (non-hydrogen) atoms. The zero-order valence-corrected chi connectivity index (χ0v) is 23.2. The summed E-state index contributed by atoms with van der Waals surface area (Å²) in [6.45, 7) is 1.85. The molecule has 11 heteroatoms. The molecule has 1 aliphatic rings. The highest BCUT2D eigenvalue weighted by Gasteiger charge is 2.42. The molecule has 3 heterocycles. The Morgan fingerprint density at radius 1 is 1.05 bits per heavy atom. The van der Waals surface area contributed by atoms with Crippen LogP contribution in [0.25, 0.3) is 5.69 Å². The van der Waals surface area contributed by atoms with Crippen LogP contribution in [0, 0.1) is 6.92 Å². The second-order valence-corrected chi connectivity index (χ2v) is 11.3. The highest BCUT2D eigenvalue weighted by atomic mass is 32.2. The highest BCUT2D eigenvalue weighted by molar-refractivity contribution is 7.92. The van der Waals surface area contributed by atoms with E-state index in [2.05, 4.69) is 19.6 Å². The molecule has 200 valence electrons. The molecule has 2 aromatic heterocycles. The van der Waals surface area contributed by atoms with E-state index in [1.54, 1.807) is 24.4 Å². The number of ether oxygens (including phenoxy) is 1. The van der Waals surface area contributed by atoms with Crippen LogP contribution in [-0.4, -0.2) is 42.4 Å². The minimum Gasteiger partial charge on any atom is -0.465 e. The number of hydrogen-bond acceptors (Lipinski definition) is 6. The van der Waals surface area contributed by atoms with Crippen molar-refractivity contribution in [3.05, 3.63) is 108 Å². The van der Waals surface area contributed by atoms with Crippen molar-refractivity contribution in [3.8, 4) is 5.69 Å². The number of hydrogen-bond donors (Lipinski definition) is 2. The molecule has 2 N–H and O–H groups in total. The number of nitrogens with one attached hydrogen (secondary N) is 2. The monoisotopic (exact) mass is 561 g/mol. The van der Waals surface area contributed by atoms with Crippen molar-refractivity contribution in [1.29, 1.82) is 0 Å². The average molecular weight is 562 g/mol. The Hall–Kier alpha value is -4.22. The van der Waals surface area contributed by atoms with Gasteiger partial charge in [0, 0.05) is 29.5 Å². The van der Waals surface area contributed by atoms with Crippen LogP contribution < -0.4 is 14.9 Å². The maximum atomic E-state index is 11.9. The number of anilines is 2. The first-order valence-corrected chi connectivity index (χ1v) is 14.4. The Labute approximate surface area is 232 Å². The number of rotatable bonds is 7. The number of esters is 1. The number of benzene rings is 2. The molecule has 2 aromatic carbocycles. The van der Waals surface area contributed by atoms with Gasteiger partial charge in [-0.2, -0.15) is 0 Å². The Morgan fingerprint density at radius 3 is 2.44 bits per heavy atom. The molecule has 0 amide bonds. The Kier molecular flexibility index (Phi) is 7.11. The van der Waals surface area contributed by atoms with Crippen molar-refractivity contribution in [2.24, 2.45) is 0 Å². The standard InChI is InChI=1S/C28H27N5O4S2/c1-18-17-21(13-14-22(18)31-39(3,35)36)33-26(25(30-28(33)38)23-7-4-5-15-29-23)24-8-6-16-32(24)20-11-9-19(10-12-20)27(34)37-2/h4-17,25-26,31H,1-3H3,(H,30,38)/t25-,26-/m0/s1. The van der Waals surface area contributed by atoms with Gasteiger partial charge in [0.05, 0.1) is 36.4 Å². The summed E-state index contributed by atoms with van der Waals surface area (Å²) >= 11 is 5.85. The maximum absolute atomic E-state index is 11.9. The Bertz CT molecular complexity index is 1640. The van der Waals surface area contributed by atoms with Gasteiger partial charge in [0.15, 0.2) is 5.11 Å². The van der Waals surface area contributed by atoms with E-state index < -0.39 is 16.0 Å². The van der Waals surface area contributed by atoms with E-state index in [1.165, 1.54) is 7.11 Å². The van der Waals surface area contributed by atoms with Crippen LogP contribution in [0.5, 0.6) is 0 Å². The molecular weight excluding hydrogens is 534 g/mol. The zero-order valence-electron chi connectivity index (χ0n) is 21.5. The van der Waals surface area contributed by atoms with Crippen LogP contribution in [0.1, 0.15) is 39.4 Å². The van der Waals surface area contributed by atoms with Gasteiger partial charge in [0.25, 0.3) is 0 Å². The summed E-state index contributed by atoms with van der Waals surface area (Å²) in [6, 6.07) is 21.9. The van der Waals surface area contributed by atoms with Crippen LogP contribution in [0.3, 0.4) is 0 Å². The third kappa shape index (κ3) is 5.36. The molecule has 1 aliphatic heterocycles. The molecule has 1 fully saturated rings. The third-order valence-electron chi connectivity index (χ3n) is 6.53. The van der Waals surface area contributed by atoms with E-state index in [9.17, 15) is 13.2 Å². The number of methoxy groups -OCH3 is 1. The van der Waals surface area contributed by atoms with Crippen molar-refractivity contribution in [2.45, 2.75) is 19.0 Å². The lowest BCUT2D eigenvalue weighted by Crippen LogP contribution is -2.30. The zero-order chi connectivity index (χ0) is 27.7. The fourth-order valence-electron chi connectivity index (χ4n) is 4.79. The number of thiocarbonyl (C=S) groups is 1. The molecule has 0 spiro atoms. The van der Waals surface area contributed by atoms with Gasteiger partial charge < -0.3 is 19.5 Å². The Balaban J connectivity index is 1.60. The van der Waals surface area contributed by atoms with Gasteiger partial charge >= 0.3 is 5.97 Å². The van der Waals surface area contributed by atoms with E-state index in [-0.39, 0.29) is 12.1 Å².